The fraction of sp³-hybridized carbons (Fsp3) is 0.583. The Bertz CT molecular complexity index is 333. The van der Waals surface area contributed by atoms with Crippen molar-refractivity contribution in [2.75, 3.05) is 44.6 Å². The van der Waals surface area contributed by atoms with Crippen molar-refractivity contribution in [1.82, 2.24) is 4.98 Å². The van der Waals surface area contributed by atoms with Gasteiger partial charge < -0.3 is 20.1 Å². The highest BCUT2D eigenvalue weighted by atomic mass is 16.5. The number of hydrogen-bond donors (Lipinski definition) is 1. The summed E-state index contributed by atoms with van der Waals surface area (Å²) >= 11 is 0. The molecule has 1 aromatic rings. The fourth-order valence-corrected chi connectivity index (χ4v) is 1.74. The Labute approximate surface area is 103 Å². The summed E-state index contributed by atoms with van der Waals surface area (Å²) in [6.45, 7) is 4.22. The van der Waals surface area contributed by atoms with Crippen molar-refractivity contribution in [1.29, 1.82) is 0 Å². The van der Waals surface area contributed by atoms with Crippen LogP contribution < -0.4 is 10.6 Å². The Kier molecular flexibility index (Phi) is 5.72. The van der Waals surface area contributed by atoms with Gasteiger partial charge in [0.2, 0.25) is 0 Å². The van der Waals surface area contributed by atoms with E-state index in [0.29, 0.717) is 19.0 Å². The highest BCUT2D eigenvalue weighted by molar-refractivity contribution is 5.52. The number of methoxy groups -OCH3 is 2. The summed E-state index contributed by atoms with van der Waals surface area (Å²) in [5.74, 6) is 0.523. The molecule has 1 rings (SSSR count). The van der Waals surface area contributed by atoms with Gasteiger partial charge in [0.1, 0.15) is 5.82 Å². The van der Waals surface area contributed by atoms with Gasteiger partial charge in [0, 0.05) is 44.8 Å². The molecule has 0 aliphatic rings. The van der Waals surface area contributed by atoms with E-state index in [1.54, 1.807) is 20.4 Å². The van der Waals surface area contributed by atoms with E-state index in [1.165, 1.54) is 0 Å². The summed E-state index contributed by atoms with van der Waals surface area (Å²) < 4.78 is 10.3. The van der Waals surface area contributed by atoms with Crippen LogP contribution in [0.4, 0.5) is 11.5 Å². The Morgan fingerprint density at radius 2 is 2.18 bits per heavy atom. The molecule has 5 heteroatoms. The number of rotatable bonds is 7. The summed E-state index contributed by atoms with van der Waals surface area (Å²) in [6.07, 6.45) is 1.71. The van der Waals surface area contributed by atoms with Crippen molar-refractivity contribution in [3.63, 3.8) is 0 Å². The van der Waals surface area contributed by atoms with Crippen molar-refractivity contribution in [2.45, 2.75) is 13.0 Å². The molecule has 1 heterocycles. The third-order valence-electron chi connectivity index (χ3n) is 2.57. The molecule has 0 radical (unpaired) electrons. The minimum absolute atomic E-state index is 0.261. The number of pyridine rings is 1. The first-order chi connectivity index (χ1) is 8.19. The minimum Gasteiger partial charge on any atom is -0.384 e. The monoisotopic (exact) mass is 239 g/mol. The molecule has 1 atom stereocenters. The van der Waals surface area contributed by atoms with Crippen LogP contribution in [0.15, 0.2) is 18.3 Å². The first kappa shape index (κ1) is 13.7. The summed E-state index contributed by atoms with van der Waals surface area (Å²) in [5.41, 5.74) is 6.74. The lowest BCUT2D eigenvalue weighted by Crippen LogP contribution is -2.38. The molecule has 0 spiro atoms. The molecule has 0 amide bonds. The van der Waals surface area contributed by atoms with E-state index in [2.05, 4.69) is 16.8 Å². The summed E-state index contributed by atoms with van der Waals surface area (Å²) in [4.78, 5) is 6.20. The van der Waals surface area contributed by atoms with Gasteiger partial charge in [0.25, 0.3) is 0 Å². The van der Waals surface area contributed by atoms with Crippen molar-refractivity contribution in [2.24, 2.45) is 0 Å². The Hall–Kier alpha value is -1.33. The smallest absolute Gasteiger partial charge is 0.125 e. The van der Waals surface area contributed by atoms with Crippen LogP contribution >= 0.6 is 0 Å². The first-order valence-electron chi connectivity index (χ1n) is 5.65. The molecule has 2 N–H and O–H groups in total. The summed E-state index contributed by atoms with van der Waals surface area (Å²) in [7, 11) is 3.39. The van der Waals surface area contributed by atoms with E-state index >= 15 is 0 Å². The van der Waals surface area contributed by atoms with Gasteiger partial charge in [-0.2, -0.15) is 0 Å². The fourth-order valence-electron chi connectivity index (χ4n) is 1.74. The Morgan fingerprint density at radius 1 is 1.41 bits per heavy atom. The molecule has 0 saturated heterocycles. The second kappa shape index (κ2) is 7.09. The van der Waals surface area contributed by atoms with Crippen molar-refractivity contribution in [3.8, 4) is 0 Å². The summed E-state index contributed by atoms with van der Waals surface area (Å²) in [6, 6.07) is 4.07. The molecule has 0 saturated carbocycles. The van der Waals surface area contributed by atoms with Gasteiger partial charge in [-0.3, -0.25) is 0 Å². The van der Waals surface area contributed by atoms with Gasteiger partial charge in [-0.05, 0) is 13.0 Å². The highest BCUT2D eigenvalue weighted by Crippen LogP contribution is 2.18. The van der Waals surface area contributed by atoms with Gasteiger partial charge in [0.15, 0.2) is 0 Å². The second-order valence-corrected chi connectivity index (χ2v) is 3.93. The maximum atomic E-state index is 5.70. The van der Waals surface area contributed by atoms with Gasteiger partial charge in [-0.15, -0.1) is 0 Å². The van der Waals surface area contributed by atoms with Crippen LogP contribution in [0.5, 0.6) is 0 Å². The standard InChI is InChI=1S/C12H21N3O2/c1-10(9-17-3)15(6-7-16-2)11-4-5-14-12(13)8-11/h4-5,8,10H,6-7,9H2,1-3H3,(H2,13,14). The molecule has 0 aliphatic heterocycles. The Balaban J connectivity index is 2.81. The number of aromatic nitrogens is 1. The lowest BCUT2D eigenvalue weighted by atomic mass is 10.2. The van der Waals surface area contributed by atoms with Gasteiger partial charge >= 0.3 is 0 Å². The molecular weight excluding hydrogens is 218 g/mol. The van der Waals surface area contributed by atoms with E-state index in [1.807, 2.05) is 12.1 Å². The predicted octanol–water partition coefficient (Wildman–Crippen LogP) is 1.15. The maximum Gasteiger partial charge on any atom is 0.125 e. The van der Waals surface area contributed by atoms with Crippen molar-refractivity contribution < 1.29 is 9.47 Å². The van der Waals surface area contributed by atoms with E-state index in [-0.39, 0.29) is 6.04 Å². The number of hydrogen-bond acceptors (Lipinski definition) is 5. The third kappa shape index (κ3) is 4.20. The topological polar surface area (TPSA) is 60.6 Å². The van der Waals surface area contributed by atoms with E-state index < -0.39 is 0 Å². The van der Waals surface area contributed by atoms with Crippen LogP contribution in [-0.2, 0) is 9.47 Å². The largest absolute Gasteiger partial charge is 0.384 e. The summed E-state index contributed by atoms with van der Waals surface area (Å²) in [5, 5.41) is 0. The number of nitrogens with zero attached hydrogens (tertiary/aromatic N) is 2. The molecule has 5 nitrogen and oxygen atoms in total. The van der Waals surface area contributed by atoms with Gasteiger partial charge in [-0.1, -0.05) is 0 Å². The highest BCUT2D eigenvalue weighted by Gasteiger charge is 2.14. The Morgan fingerprint density at radius 3 is 2.76 bits per heavy atom. The normalized spacial score (nSPS) is 12.4. The molecule has 0 aromatic carbocycles. The molecule has 1 unspecified atom stereocenters. The molecule has 17 heavy (non-hydrogen) atoms. The van der Waals surface area contributed by atoms with E-state index in [4.69, 9.17) is 15.2 Å². The van der Waals surface area contributed by atoms with Crippen molar-refractivity contribution in [3.05, 3.63) is 18.3 Å². The predicted molar refractivity (Wildman–Crippen MR) is 69.2 cm³/mol. The zero-order valence-electron chi connectivity index (χ0n) is 10.7. The lowest BCUT2D eigenvalue weighted by molar-refractivity contribution is 0.171. The minimum atomic E-state index is 0.261. The van der Waals surface area contributed by atoms with E-state index in [0.717, 1.165) is 12.2 Å². The first-order valence-corrected chi connectivity index (χ1v) is 5.65. The number of nitrogens with two attached hydrogens (primary N) is 1. The molecule has 96 valence electrons. The molecule has 0 bridgehead atoms. The van der Waals surface area contributed by atoms with Crippen LogP contribution in [0, 0.1) is 0 Å². The van der Waals surface area contributed by atoms with Crippen LogP contribution in [0.25, 0.3) is 0 Å². The molecule has 0 aliphatic carbocycles. The van der Waals surface area contributed by atoms with Gasteiger partial charge in [0.05, 0.1) is 13.2 Å². The second-order valence-electron chi connectivity index (χ2n) is 3.93. The third-order valence-corrected chi connectivity index (χ3v) is 2.57. The maximum absolute atomic E-state index is 5.70. The SMILES string of the molecule is COCCN(c1ccnc(N)c1)C(C)COC. The number of nitrogen functional groups attached to an aromatic ring is 1. The number of anilines is 2. The van der Waals surface area contributed by atoms with Gasteiger partial charge in [-0.25, -0.2) is 4.98 Å². The molecule has 0 fully saturated rings. The van der Waals surface area contributed by atoms with Crippen LogP contribution in [0.1, 0.15) is 6.92 Å². The molecular formula is C12H21N3O2. The quantitative estimate of drug-likeness (QED) is 0.773. The average molecular weight is 239 g/mol. The van der Waals surface area contributed by atoms with Crippen LogP contribution in [0.3, 0.4) is 0 Å². The zero-order chi connectivity index (χ0) is 12.7. The lowest BCUT2D eigenvalue weighted by Gasteiger charge is -2.30. The van der Waals surface area contributed by atoms with E-state index in [9.17, 15) is 0 Å². The van der Waals surface area contributed by atoms with Crippen LogP contribution in [0.2, 0.25) is 0 Å². The zero-order valence-corrected chi connectivity index (χ0v) is 10.7. The molecule has 1 aromatic heterocycles. The van der Waals surface area contributed by atoms with Crippen molar-refractivity contribution >= 4 is 11.5 Å². The average Bonchev–Trinajstić information content (AvgIpc) is 2.30. The van der Waals surface area contributed by atoms with Crippen LogP contribution in [-0.4, -0.2) is 45.0 Å². The number of ether oxygens (including phenoxy) is 2.